The van der Waals surface area contributed by atoms with Crippen LogP contribution in [0, 0.1) is 11.8 Å². The van der Waals surface area contributed by atoms with E-state index in [2.05, 4.69) is 35.1 Å². The van der Waals surface area contributed by atoms with Crippen molar-refractivity contribution in [3.8, 4) is 0 Å². The Labute approximate surface area is 163 Å². The van der Waals surface area contributed by atoms with Crippen LogP contribution in [0.15, 0.2) is 35.3 Å². The first-order valence-electron chi connectivity index (χ1n) is 9.26. The molecule has 0 bridgehead atoms. The van der Waals surface area contributed by atoms with E-state index in [9.17, 15) is 9.59 Å². The quantitative estimate of drug-likeness (QED) is 0.549. The third-order valence-electron chi connectivity index (χ3n) is 5.39. The monoisotopic (exact) mass is 387 g/mol. The van der Waals surface area contributed by atoms with Crippen LogP contribution in [0.2, 0.25) is 0 Å². The Morgan fingerprint density at radius 3 is 2.85 bits per heavy atom. The number of hydrogen-bond acceptors (Lipinski definition) is 4. The van der Waals surface area contributed by atoms with Gasteiger partial charge in [0.25, 0.3) is 5.91 Å². The normalized spacial score (nSPS) is 22.2. The molecule has 0 saturated heterocycles. The number of benzene rings is 1. The number of amides is 1. The molecule has 3 N–H and O–H groups in total. The zero-order valence-electron chi connectivity index (χ0n) is 15.6. The highest BCUT2D eigenvalue weighted by molar-refractivity contribution is 7.80. The Balaban J connectivity index is 1.55. The average Bonchev–Trinajstić information content (AvgIpc) is 2.66. The summed E-state index contributed by atoms with van der Waals surface area (Å²) in [6.07, 6.45) is 4.73. The summed E-state index contributed by atoms with van der Waals surface area (Å²) in [6, 6.07) is 7.39. The summed E-state index contributed by atoms with van der Waals surface area (Å²) >= 11 is 5.30. The standard InChI is InChI=1S/C19H25N5O2S/c1-12-6-5-8-15(13(12)2)21-19(27)23-22-18(26)11-24-16-9-4-3-7-14(16)17(25)10-20-24/h3-4,7,9-10,12-13,15H,5-6,8,11H2,1-2H3,(H,22,26)(H2,21,23,27)/t12-,13-,15+/m1/s1. The zero-order valence-corrected chi connectivity index (χ0v) is 16.4. The minimum absolute atomic E-state index is 0.0206. The maximum absolute atomic E-state index is 12.3. The van der Waals surface area contributed by atoms with Crippen LogP contribution in [0.1, 0.15) is 33.1 Å². The number of carbonyl (C=O) groups is 1. The third kappa shape index (κ3) is 4.63. The number of aromatic nitrogens is 2. The van der Waals surface area contributed by atoms with E-state index in [1.54, 1.807) is 18.2 Å². The average molecular weight is 388 g/mol. The molecule has 1 aromatic heterocycles. The molecule has 8 heteroatoms. The van der Waals surface area contributed by atoms with Gasteiger partial charge in [0.05, 0.1) is 11.7 Å². The van der Waals surface area contributed by atoms with Crippen molar-refractivity contribution >= 4 is 34.1 Å². The lowest BCUT2D eigenvalue weighted by Gasteiger charge is -2.35. The Bertz CT molecular complexity index is 897. The number of hydrogen-bond donors (Lipinski definition) is 3. The molecule has 1 aromatic carbocycles. The van der Waals surface area contributed by atoms with Crippen molar-refractivity contribution in [2.24, 2.45) is 11.8 Å². The molecule has 0 aliphatic heterocycles. The number of fused-ring (bicyclic) bond motifs is 1. The summed E-state index contributed by atoms with van der Waals surface area (Å²) in [4.78, 5) is 24.1. The number of nitrogens with one attached hydrogen (secondary N) is 3. The fourth-order valence-corrected chi connectivity index (χ4v) is 3.78. The lowest BCUT2D eigenvalue weighted by atomic mass is 9.78. The lowest BCUT2D eigenvalue weighted by Crippen LogP contribution is -2.53. The fourth-order valence-electron chi connectivity index (χ4n) is 3.58. The topological polar surface area (TPSA) is 88.0 Å². The first kappa shape index (κ1) is 19.3. The molecule has 1 aliphatic rings. The van der Waals surface area contributed by atoms with Gasteiger partial charge in [-0.05, 0) is 42.6 Å². The highest BCUT2D eigenvalue weighted by Gasteiger charge is 2.27. The first-order valence-corrected chi connectivity index (χ1v) is 9.66. The van der Waals surface area contributed by atoms with Crippen molar-refractivity contribution in [2.75, 3.05) is 0 Å². The largest absolute Gasteiger partial charge is 0.358 e. The first-order chi connectivity index (χ1) is 13.0. The minimum atomic E-state index is -0.300. The zero-order chi connectivity index (χ0) is 19.4. The van der Waals surface area contributed by atoms with Gasteiger partial charge in [-0.15, -0.1) is 0 Å². The second-order valence-corrected chi connectivity index (χ2v) is 7.61. The van der Waals surface area contributed by atoms with E-state index < -0.39 is 0 Å². The van der Waals surface area contributed by atoms with Gasteiger partial charge in [0.15, 0.2) is 5.11 Å². The molecule has 7 nitrogen and oxygen atoms in total. The number of rotatable bonds is 3. The Morgan fingerprint density at radius 2 is 2.04 bits per heavy atom. The SMILES string of the molecule is C[C@@H]1[C@H](C)CCC[C@@H]1NC(=S)NNC(=O)Cn1ncc(=O)c2ccccc21. The number of para-hydroxylation sites is 1. The van der Waals surface area contributed by atoms with E-state index in [-0.39, 0.29) is 17.9 Å². The molecular weight excluding hydrogens is 362 g/mol. The van der Waals surface area contributed by atoms with Crippen LogP contribution in [-0.4, -0.2) is 26.8 Å². The summed E-state index contributed by atoms with van der Waals surface area (Å²) in [5.74, 6) is 0.893. The minimum Gasteiger partial charge on any atom is -0.358 e. The van der Waals surface area contributed by atoms with Gasteiger partial charge in [-0.1, -0.05) is 38.8 Å². The molecular formula is C19H25N5O2S. The van der Waals surface area contributed by atoms with Gasteiger partial charge in [-0.25, -0.2) is 0 Å². The van der Waals surface area contributed by atoms with Crippen molar-refractivity contribution in [3.63, 3.8) is 0 Å². The van der Waals surface area contributed by atoms with Crippen LogP contribution in [0.25, 0.3) is 10.9 Å². The molecule has 1 heterocycles. The van der Waals surface area contributed by atoms with E-state index in [1.807, 2.05) is 6.07 Å². The molecule has 144 valence electrons. The van der Waals surface area contributed by atoms with E-state index in [0.717, 1.165) is 6.42 Å². The molecule has 1 amide bonds. The summed E-state index contributed by atoms with van der Waals surface area (Å²) < 4.78 is 1.50. The second-order valence-electron chi connectivity index (χ2n) is 7.20. The predicted octanol–water partition coefficient (Wildman–Crippen LogP) is 1.72. The van der Waals surface area contributed by atoms with Gasteiger partial charge >= 0.3 is 0 Å². The van der Waals surface area contributed by atoms with E-state index >= 15 is 0 Å². The van der Waals surface area contributed by atoms with Crippen molar-refractivity contribution in [1.82, 2.24) is 25.9 Å². The Hall–Kier alpha value is -2.48. The van der Waals surface area contributed by atoms with E-state index in [4.69, 9.17) is 12.2 Å². The molecule has 0 radical (unpaired) electrons. The van der Waals surface area contributed by atoms with Crippen molar-refractivity contribution < 1.29 is 4.79 Å². The fraction of sp³-hybridized carbons (Fsp3) is 0.474. The van der Waals surface area contributed by atoms with Crippen LogP contribution in [0.5, 0.6) is 0 Å². The summed E-state index contributed by atoms with van der Waals surface area (Å²) in [6.45, 7) is 4.47. The molecule has 1 aliphatic carbocycles. The molecule has 3 rings (SSSR count). The molecule has 3 atom stereocenters. The summed E-state index contributed by atoms with van der Waals surface area (Å²) in [5, 5.41) is 8.29. The van der Waals surface area contributed by atoms with Crippen LogP contribution < -0.4 is 21.6 Å². The van der Waals surface area contributed by atoms with Crippen LogP contribution in [0.3, 0.4) is 0 Å². The van der Waals surface area contributed by atoms with Gasteiger partial charge in [0.2, 0.25) is 5.43 Å². The van der Waals surface area contributed by atoms with Gasteiger partial charge < -0.3 is 5.32 Å². The third-order valence-corrected chi connectivity index (χ3v) is 5.61. The molecule has 0 unspecified atom stereocenters. The Morgan fingerprint density at radius 1 is 1.26 bits per heavy atom. The van der Waals surface area contributed by atoms with E-state index in [1.165, 1.54) is 23.7 Å². The van der Waals surface area contributed by atoms with Gasteiger partial charge in [0, 0.05) is 11.4 Å². The molecule has 1 saturated carbocycles. The van der Waals surface area contributed by atoms with Crippen LogP contribution >= 0.6 is 12.2 Å². The number of carbonyl (C=O) groups excluding carboxylic acids is 1. The maximum Gasteiger partial charge on any atom is 0.260 e. The molecule has 0 spiro atoms. The number of thiocarbonyl (C=S) groups is 1. The van der Waals surface area contributed by atoms with Crippen LogP contribution in [-0.2, 0) is 11.3 Å². The Kier molecular flexibility index (Phi) is 6.05. The maximum atomic E-state index is 12.3. The molecule has 1 fully saturated rings. The number of nitrogens with zero attached hydrogens (tertiary/aromatic N) is 2. The van der Waals surface area contributed by atoms with Gasteiger partial charge in [0.1, 0.15) is 6.54 Å². The summed E-state index contributed by atoms with van der Waals surface area (Å²) in [7, 11) is 0. The van der Waals surface area contributed by atoms with Crippen molar-refractivity contribution in [1.29, 1.82) is 0 Å². The second kappa shape index (κ2) is 8.47. The summed E-state index contributed by atoms with van der Waals surface area (Å²) in [5.41, 5.74) is 5.81. The van der Waals surface area contributed by atoms with Gasteiger partial charge in [-0.3, -0.25) is 25.1 Å². The highest BCUT2D eigenvalue weighted by atomic mass is 32.1. The molecule has 2 aromatic rings. The van der Waals surface area contributed by atoms with Crippen molar-refractivity contribution in [2.45, 2.75) is 45.7 Å². The molecule has 27 heavy (non-hydrogen) atoms. The number of hydrazine groups is 1. The van der Waals surface area contributed by atoms with Crippen LogP contribution in [0.4, 0.5) is 0 Å². The van der Waals surface area contributed by atoms with E-state index in [0.29, 0.717) is 33.9 Å². The smallest absolute Gasteiger partial charge is 0.260 e. The van der Waals surface area contributed by atoms with Gasteiger partial charge in [-0.2, -0.15) is 5.10 Å². The van der Waals surface area contributed by atoms with Crippen molar-refractivity contribution in [3.05, 3.63) is 40.7 Å². The lowest BCUT2D eigenvalue weighted by molar-refractivity contribution is -0.122. The highest BCUT2D eigenvalue weighted by Crippen LogP contribution is 2.29. The predicted molar refractivity (Wildman–Crippen MR) is 109 cm³/mol.